The lowest BCUT2D eigenvalue weighted by Crippen LogP contribution is -2.23. The summed E-state index contributed by atoms with van der Waals surface area (Å²) in [6, 6.07) is 9.45. The van der Waals surface area contributed by atoms with E-state index >= 15 is 0 Å². The molecule has 1 saturated heterocycles. The number of carbonyl (C=O) groups excluding carboxylic acids is 1. The van der Waals surface area contributed by atoms with Gasteiger partial charge in [0.25, 0.3) is 5.89 Å². The van der Waals surface area contributed by atoms with Crippen LogP contribution in [-0.4, -0.2) is 41.7 Å². The van der Waals surface area contributed by atoms with Crippen LogP contribution in [-0.2, 0) is 11.3 Å². The maximum Gasteiger partial charge on any atom is 0.258 e. The van der Waals surface area contributed by atoms with Crippen molar-refractivity contribution < 1.29 is 18.8 Å². The lowest BCUT2D eigenvalue weighted by molar-refractivity contribution is -0.128. The van der Waals surface area contributed by atoms with E-state index < -0.39 is 0 Å². The molecule has 4 rings (SSSR count). The predicted octanol–water partition coefficient (Wildman–Crippen LogP) is 3.33. The zero-order chi connectivity index (χ0) is 18.8. The lowest BCUT2D eigenvalue weighted by atomic mass is 10.1. The standard InChI is InChI=1S/C19H19N3O4S/c1-24-15-6-5-12(8-16(15)25-2)19-20-18(21-26-19)13-9-17(23)22(10-13)11-14-4-3-7-27-14/h3-8,13H,9-11H2,1-2H3. The minimum absolute atomic E-state index is 0.0601. The van der Waals surface area contributed by atoms with E-state index in [1.807, 2.05) is 28.5 Å². The summed E-state index contributed by atoms with van der Waals surface area (Å²) in [6.45, 7) is 1.23. The third-order valence-corrected chi connectivity index (χ3v) is 5.44. The number of aromatic nitrogens is 2. The van der Waals surface area contributed by atoms with Crippen LogP contribution in [0.4, 0.5) is 0 Å². The molecule has 140 valence electrons. The fourth-order valence-corrected chi connectivity index (χ4v) is 3.90. The number of hydrogen-bond acceptors (Lipinski definition) is 7. The summed E-state index contributed by atoms with van der Waals surface area (Å²) >= 11 is 1.65. The van der Waals surface area contributed by atoms with Gasteiger partial charge in [-0.05, 0) is 29.6 Å². The number of ether oxygens (including phenoxy) is 2. The number of thiophene rings is 1. The molecule has 1 fully saturated rings. The maximum atomic E-state index is 12.3. The van der Waals surface area contributed by atoms with Gasteiger partial charge in [-0.25, -0.2) is 0 Å². The van der Waals surface area contributed by atoms with Gasteiger partial charge in [-0.1, -0.05) is 11.2 Å². The molecule has 7 nitrogen and oxygen atoms in total. The Morgan fingerprint density at radius 3 is 2.85 bits per heavy atom. The van der Waals surface area contributed by atoms with Crippen molar-refractivity contribution in [3.63, 3.8) is 0 Å². The molecule has 1 amide bonds. The van der Waals surface area contributed by atoms with Gasteiger partial charge in [0.05, 0.1) is 20.8 Å². The highest BCUT2D eigenvalue weighted by molar-refractivity contribution is 7.09. The van der Waals surface area contributed by atoms with Crippen LogP contribution >= 0.6 is 11.3 Å². The van der Waals surface area contributed by atoms with Gasteiger partial charge in [-0.3, -0.25) is 4.79 Å². The quantitative estimate of drug-likeness (QED) is 0.648. The highest BCUT2D eigenvalue weighted by Gasteiger charge is 2.34. The summed E-state index contributed by atoms with van der Waals surface area (Å²) in [5.74, 6) is 2.23. The first kappa shape index (κ1) is 17.5. The zero-order valence-corrected chi connectivity index (χ0v) is 15.9. The van der Waals surface area contributed by atoms with Gasteiger partial charge in [0.2, 0.25) is 5.91 Å². The normalized spacial score (nSPS) is 16.7. The average molecular weight is 385 g/mol. The van der Waals surface area contributed by atoms with Gasteiger partial charge >= 0.3 is 0 Å². The van der Waals surface area contributed by atoms with Crippen LogP contribution in [0.25, 0.3) is 11.5 Å². The Morgan fingerprint density at radius 2 is 2.11 bits per heavy atom. The molecule has 1 atom stereocenters. The number of nitrogens with zero attached hydrogens (tertiary/aromatic N) is 3. The number of hydrogen-bond donors (Lipinski definition) is 0. The molecule has 1 aromatic carbocycles. The summed E-state index contributed by atoms with van der Waals surface area (Å²) in [4.78, 5) is 19.9. The first-order chi connectivity index (χ1) is 13.2. The smallest absolute Gasteiger partial charge is 0.258 e. The molecule has 0 radical (unpaired) electrons. The van der Waals surface area contributed by atoms with Crippen molar-refractivity contribution in [2.45, 2.75) is 18.9 Å². The number of carbonyl (C=O) groups is 1. The first-order valence-electron chi connectivity index (χ1n) is 8.54. The zero-order valence-electron chi connectivity index (χ0n) is 15.0. The SMILES string of the molecule is COc1ccc(-c2nc(C3CC(=O)N(Cc4cccs4)C3)no2)cc1OC. The Hall–Kier alpha value is -2.87. The molecule has 0 saturated carbocycles. The van der Waals surface area contributed by atoms with E-state index in [9.17, 15) is 4.79 Å². The minimum Gasteiger partial charge on any atom is -0.493 e. The van der Waals surface area contributed by atoms with Crippen LogP contribution in [0, 0.1) is 0 Å². The van der Waals surface area contributed by atoms with Crippen molar-refractivity contribution in [1.82, 2.24) is 15.0 Å². The Balaban J connectivity index is 1.50. The molecule has 1 aliphatic heterocycles. The molecule has 0 bridgehead atoms. The fraction of sp³-hybridized carbons (Fsp3) is 0.316. The van der Waals surface area contributed by atoms with Gasteiger partial charge in [-0.2, -0.15) is 4.98 Å². The lowest BCUT2D eigenvalue weighted by Gasteiger charge is -2.14. The van der Waals surface area contributed by atoms with E-state index in [1.54, 1.807) is 37.7 Å². The average Bonchev–Trinajstić information content (AvgIpc) is 3.43. The fourth-order valence-electron chi connectivity index (χ4n) is 3.18. The van der Waals surface area contributed by atoms with E-state index in [2.05, 4.69) is 10.1 Å². The molecular formula is C19H19N3O4S. The first-order valence-corrected chi connectivity index (χ1v) is 9.42. The van der Waals surface area contributed by atoms with Gasteiger partial charge in [0.1, 0.15) is 0 Å². The number of likely N-dealkylation sites (tertiary alicyclic amines) is 1. The van der Waals surface area contributed by atoms with E-state index in [4.69, 9.17) is 14.0 Å². The van der Waals surface area contributed by atoms with Crippen LogP contribution < -0.4 is 9.47 Å². The van der Waals surface area contributed by atoms with E-state index in [0.717, 1.165) is 5.56 Å². The molecule has 8 heteroatoms. The number of methoxy groups -OCH3 is 2. The predicted molar refractivity (Wildman–Crippen MR) is 99.9 cm³/mol. The Bertz CT molecular complexity index is 938. The monoisotopic (exact) mass is 385 g/mol. The van der Waals surface area contributed by atoms with Crippen molar-refractivity contribution >= 4 is 17.2 Å². The van der Waals surface area contributed by atoms with E-state index in [1.165, 1.54) is 4.88 Å². The number of amides is 1. The van der Waals surface area contributed by atoms with Gasteiger partial charge in [0, 0.05) is 29.3 Å². The van der Waals surface area contributed by atoms with Gasteiger partial charge in [-0.15, -0.1) is 11.3 Å². The molecule has 0 aliphatic carbocycles. The maximum absolute atomic E-state index is 12.3. The number of benzene rings is 1. The van der Waals surface area contributed by atoms with E-state index in [-0.39, 0.29) is 11.8 Å². The summed E-state index contributed by atoms with van der Waals surface area (Å²) in [7, 11) is 3.16. The largest absolute Gasteiger partial charge is 0.493 e. The van der Waals surface area contributed by atoms with Crippen LogP contribution in [0.3, 0.4) is 0 Å². The molecule has 3 aromatic rings. The van der Waals surface area contributed by atoms with Gasteiger partial charge in [0.15, 0.2) is 17.3 Å². The summed E-state index contributed by atoms with van der Waals surface area (Å²) in [5, 5.41) is 6.12. The Morgan fingerprint density at radius 1 is 1.26 bits per heavy atom. The van der Waals surface area contributed by atoms with Crippen molar-refractivity contribution in [2.75, 3.05) is 20.8 Å². The van der Waals surface area contributed by atoms with E-state index in [0.29, 0.717) is 42.7 Å². The summed E-state index contributed by atoms with van der Waals surface area (Å²) in [6.07, 6.45) is 0.399. The van der Waals surface area contributed by atoms with Gasteiger partial charge < -0.3 is 18.9 Å². The second-order valence-electron chi connectivity index (χ2n) is 6.28. The molecule has 3 heterocycles. The topological polar surface area (TPSA) is 77.7 Å². The second kappa shape index (κ2) is 7.40. The van der Waals surface area contributed by atoms with Crippen LogP contribution in [0.1, 0.15) is 23.0 Å². The highest BCUT2D eigenvalue weighted by atomic mass is 32.1. The van der Waals surface area contributed by atoms with Crippen LogP contribution in [0.15, 0.2) is 40.2 Å². The third-order valence-electron chi connectivity index (χ3n) is 4.58. The summed E-state index contributed by atoms with van der Waals surface area (Å²) < 4.78 is 16.0. The van der Waals surface area contributed by atoms with Crippen LogP contribution in [0.5, 0.6) is 11.5 Å². The number of rotatable bonds is 6. The van der Waals surface area contributed by atoms with Crippen LogP contribution in [0.2, 0.25) is 0 Å². The van der Waals surface area contributed by atoms with Crippen molar-refractivity contribution in [3.05, 3.63) is 46.4 Å². The Labute approximate surface area is 160 Å². The molecule has 27 heavy (non-hydrogen) atoms. The second-order valence-corrected chi connectivity index (χ2v) is 7.31. The summed E-state index contributed by atoms with van der Waals surface area (Å²) in [5.41, 5.74) is 0.742. The molecule has 1 unspecified atom stereocenters. The third kappa shape index (κ3) is 3.52. The highest BCUT2D eigenvalue weighted by Crippen LogP contribution is 2.33. The van der Waals surface area contributed by atoms with Crippen molar-refractivity contribution in [3.8, 4) is 23.0 Å². The Kier molecular flexibility index (Phi) is 4.81. The minimum atomic E-state index is -0.0601. The molecule has 2 aromatic heterocycles. The molecule has 1 aliphatic rings. The molecule has 0 spiro atoms. The van der Waals surface area contributed by atoms with Crippen molar-refractivity contribution in [2.24, 2.45) is 0 Å². The molecule has 0 N–H and O–H groups in total. The molecular weight excluding hydrogens is 366 g/mol. The van der Waals surface area contributed by atoms with Crippen molar-refractivity contribution in [1.29, 1.82) is 0 Å².